The molecule has 1 aliphatic heterocycles. The molecule has 9 nitrogen and oxygen atoms in total. The van der Waals surface area contributed by atoms with Crippen molar-refractivity contribution in [1.82, 2.24) is 0 Å². The summed E-state index contributed by atoms with van der Waals surface area (Å²) in [7, 11) is 2.98. The number of anilines is 2. The second-order valence-corrected chi connectivity index (χ2v) is 9.13. The van der Waals surface area contributed by atoms with E-state index in [4.69, 9.17) is 14.2 Å². The number of nitrogens with zero attached hydrogens (tertiary/aromatic N) is 1. The molecule has 2 saturated carbocycles. The summed E-state index contributed by atoms with van der Waals surface area (Å²) in [6.45, 7) is -0.504. The molecule has 1 saturated heterocycles. The summed E-state index contributed by atoms with van der Waals surface area (Å²) < 4.78 is 15.5. The maximum atomic E-state index is 13.0. The van der Waals surface area contributed by atoms with Gasteiger partial charge in [0.2, 0.25) is 11.8 Å². The van der Waals surface area contributed by atoms with E-state index >= 15 is 0 Å². The van der Waals surface area contributed by atoms with Crippen LogP contribution in [0.15, 0.2) is 42.5 Å². The third kappa shape index (κ3) is 4.00. The molecule has 5 rings (SSSR count). The number of ether oxygens (including phenoxy) is 3. The van der Waals surface area contributed by atoms with Gasteiger partial charge < -0.3 is 19.5 Å². The number of rotatable bonds is 7. The molecule has 2 aromatic rings. The monoisotopic (exact) mass is 478 g/mol. The minimum absolute atomic E-state index is 0.132. The van der Waals surface area contributed by atoms with Gasteiger partial charge in [-0.15, -0.1) is 0 Å². The van der Waals surface area contributed by atoms with E-state index in [0.29, 0.717) is 34.7 Å². The van der Waals surface area contributed by atoms with Crippen LogP contribution in [-0.2, 0) is 19.1 Å². The van der Waals surface area contributed by atoms with Crippen molar-refractivity contribution in [1.29, 1.82) is 0 Å². The molecule has 2 bridgehead atoms. The third-order valence-corrected chi connectivity index (χ3v) is 7.30. The summed E-state index contributed by atoms with van der Waals surface area (Å²) >= 11 is 0. The van der Waals surface area contributed by atoms with Gasteiger partial charge in [-0.1, -0.05) is 0 Å². The fourth-order valence-electron chi connectivity index (χ4n) is 5.72. The maximum absolute atomic E-state index is 13.0. The van der Waals surface area contributed by atoms with Crippen molar-refractivity contribution in [3.8, 4) is 11.5 Å². The smallest absolute Gasteiger partial charge is 0.338 e. The van der Waals surface area contributed by atoms with Crippen LogP contribution in [0.3, 0.4) is 0 Å². The van der Waals surface area contributed by atoms with Crippen LogP contribution in [0, 0.1) is 23.7 Å². The minimum Gasteiger partial charge on any atom is -0.497 e. The van der Waals surface area contributed by atoms with Crippen LogP contribution in [-0.4, -0.2) is 44.5 Å². The van der Waals surface area contributed by atoms with Crippen molar-refractivity contribution in [3.05, 3.63) is 48.0 Å². The van der Waals surface area contributed by atoms with E-state index in [0.717, 1.165) is 19.3 Å². The Kier molecular flexibility index (Phi) is 5.92. The first-order valence-corrected chi connectivity index (χ1v) is 11.6. The number of fused-ring (bicyclic) bond motifs is 5. The third-order valence-electron chi connectivity index (χ3n) is 7.30. The topological polar surface area (TPSA) is 111 Å². The quantitative estimate of drug-likeness (QED) is 0.481. The van der Waals surface area contributed by atoms with Gasteiger partial charge in [0.05, 0.1) is 43.0 Å². The first-order valence-electron chi connectivity index (χ1n) is 11.6. The minimum atomic E-state index is -0.696. The lowest BCUT2D eigenvalue weighted by atomic mass is 9.81. The number of methoxy groups -OCH3 is 2. The zero-order valence-electron chi connectivity index (χ0n) is 19.5. The van der Waals surface area contributed by atoms with Crippen LogP contribution in [0.4, 0.5) is 11.4 Å². The van der Waals surface area contributed by atoms with Crippen LogP contribution in [0.5, 0.6) is 11.5 Å². The van der Waals surface area contributed by atoms with Gasteiger partial charge in [-0.2, -0.15) is 0 Å². The molecular weight excluding hydrogens is 452 g/mol. The molecule has 1 N–H and O–H groups in total. The van der Waals surface area contributed by atoms with Crippen molar-refractivity contribution in [2.24, 2.45) is 23.7 Å². The normalized spacial score (nSPS) is 24.3. The SMILES string of the molecule is COc1ccc(OC)c(NC(=O)COC(=O)c2ccc(N3C(=O)[C@H]4[C@H]5CC[C@@H](C5)[C@@H]4C3=O)cc2)c1. The van der Waals surface area contributed by atoms with Gasteiger partial charge in [0.25, 0.3) is 5.91 Å². The molecule has 9 heteroatoms. The van der Waals surface area contributed by atoms with E-state index in [1.165, 1.54) is 31.3 Å². The van der Waals surface area contributed by atoms with Gasteiger partial charge in [-0.3, -0.25) is 19.3 Å². The zero-order valence-corrected chi connectivity index (χ0v) is 19.5. The fourth-order valence-corrected chi connectivity index (χ4v) is 5.72. The Balaban J connectivity index is 1.20. The molecule has 1 heterocycles. The van der Waals surface area contributed by atoms with Crippen molar-refractivity contribution in [3.63, 3.8) is 0 Å². The Morgan fingerprint density at radius 2 is 1.60 bits per heavy atom. The highest BCUT2D eigenvalue weighted by Gasteiger charge is 2.61. The number of benzene rings is 2. The molecule has 4 atom stereocenters. The Morgan fingerprint density at radius 1 is 0.943 bits per heavy atom. The van der Waals surface area contributed by atoms with E-state index < -0.39 is 18.5 Å². The van der Waals surface area contributed by atoms with Crippen molar-refractivity contribution >= 4 is 35.1 Å². The number of carbonyl (C=O) groups excluding carboxylic acids is 4. The molecule has 2 aliphatic carbocycles. The van der Waals surface area contributed by atoms with Gasteiger partial charge in [0.1, 0.15) is 11.5 Å². The number of carbonyl (C=O) groups is 4. The van der Waals surface area contributed by atoms with Crippen LogP contribution in [0.25, 0.3) is 0 Å². The molecule has 0 spiro atoms. The second kappa shape index (κ2) is 9.05. The van der Waals surface area contributed by atoms with Crippen LogP contribution < -0.4 is 19.7 Å². The molecule has 0 radical (unpaired) electrons. The van der Waals surface area contributed by atoms with Crippen molar-refractivity contribution in [2.75, 3.05) is 31.0 Å². The number of hydrogen-bond acceptors (Lipinski definition) is 7. The fraction of sp³-hybridized carbons (Fsp3) is 0.385. The summed E-state index contributed by atoms with van der Waals surface area (Å²) in [4.78, 5) is 52.0. The molecular formula is C26H26N2O7. The largest absolute Gasteiger partial charge is 0.497 e. The predicted molar refractivity (Wildman–Crippen MR) is 125 cm³/mol. The standard InChI is InChI=1S/C26H26N2O7/c1-33-18-9-10-20(34-2)19(12-18)27-21(29)13-35-26(32)14-5-7-17(8-6-14)28-24(30)22-15-3-4-16(11-15)23(22)25(28)31/h5-10,12,15-16,22-23H,3-4,11,13H2,1-2H3,(H,27,29)/t15-,16-,22-,23-/m0/s1. The number of hydrogen-bond donors (Lipinski definition) is 1. The summed E-state index contributed by atoms with van der Waals surface area (Å²) in [5.41, 5.74) is 1.04. The molecule has 182 valence electrons. The Morgan fingerprint density at radius 3 is 2.20 bits per heavy atom. The molecule has 3 amide bonds. The highest BCUT2D eigenvalue weighted by Crippen LogP contribution is 2.56. The van der Waals surface area contributed by atoms with Gasteiger partial charge in [0.15, 0.2) is 6.61 Å². The molecule has 0 aromatic heterocycles. The van der Waals surface area contributed by atoms with E-state index in [-0.39, 0.29) is 29.2 Å². The number of imide groups is 1. The molecule has 3 aliphatic rings. The first kappa shape index (κ1) is 22.9. The van der Waals surface area contributed by atoms with E-state index in [9.17, 15) is 19.2 Å². The second-order valence-electron chi connectivity index (χ2n) is 9.13. The summed E-state index contributed by atoms with van der Waals surface area (Å²) in [6, 6.07) is 11.0. The van der Waals surface area contributed by atoms with E-state index in [1.54, 1.807) is 30.3 Å². The summed E-state index contributed by atoms with van der Waals surface area (Å²) in [5, 5.41) is 2.63. The van der Waals surface area contributed by atoms with Gasteiger partial charge in [-0.25, -0.2) is 4.79 Å². The average Bonchev–Trinajstić information content (AvgIpc) is 3.56. The van der Waals surface area contributed by atoms with Gasteiger partial charge in [-0.05, 0) is 67.5 Å². The van der Waals surface area contributed by atoms with Crippen molar-refractivity contribution < 1.29 is 33.4 Å². The highest BCUT2D eigenvalue weighted by atomic mass is 16.5. The lowest BCUT2D eigenvalue weighted by molar-refractivity contribution is -0.123. The average molecular weight is 479 g/mol. The van der Waals surface area contributed by atoms with Crippen molar-refractivity contribution in [2.45, 2.75) is 19.3 Å². The maximum Gasteiger partial charge on any atom is 0.338 e. The molecule has 2 aromatic carbocycles. The van der Waals surface area contributed by atoms with Gasteiger partial charge >= 0.3 is 5.97 Å². The van der Waals surface area contributed by atoms with Gasteiger partial charge in [0, 0.05) is 6.07 Å². The molecule has 0 unspecified atom stereocenters. The molecule has 3 fully saturated rings. The zero-order chi connectivity index (χ0) is 24.7. The lowest BCUT2D eigenvalue weighted by Crippen LogP contribution is -2.32. The van der Waals surface area contributed by atoms with Crippen LogP contribution in [0.1, 0.15) is 29.6 Å². The summed E-state index contributed by atoms with van der Waals surface area (Å²) in [5.74, 6) is -0.324. The highest BCUT2D eigenvalue weighted by molar-refractivity contribution is 6.22. The Labute approximate surface area is 202 Å². The Bertz CT molecular complexity index is 1160. The molecule has 35 heavy (non-hydrogen) atoms. The number of esters is 1. The number of amides is 3. The lowest BCUT2D eigenvalue weighted by Gasteiger charge is -2.19. The predicted octanol–water partition coefficient (Wildman–Crippen LogP) is 3.03. The van der Waals surface area contributed by atoms with E-state index in [2.05, 4.69) is 5.32 Å². The number of nitrogens with one attached hydrogen (secondary N) is 1. The first-order chi connectivity index (χ1) is 16.9. The van der Waals surface area contributed by atoms with Crippen LogP contribution >= 0.6 is 0 Å². The van der Waals surface area contributed by atoms with Crippen LogP contribution in [0.2, 0.25) is 0 Å². The summed E-state index contributed by atoms with van der Waals surface area (Å²) in [6.07, 6.45) is 3.01. The van der Waals surface area contributed by atoms with E-state index in [1.807, 2.05) is 0 Å². The Hall–Kier alpha value is -3.88.